The summed E-state index contributed by atoms with van der Waals surface area (Å²) in [5, 5.41) is 6.82. The van der Waals surface area contributed by atoms with E-state index in [9.17, 15) is 9.59 Å². The number of nitrogens with zero attached hydrogens (tertiary/aromatic N) is 2. The Balaban J connectivity index is 1.52. The van der Waals surface area contributed by atoms with Crippen LogP contribution in [0.5, 0.6) is 11.5 Å². The molecule has 2 aromatic carbocycles. The molecule has 0 saturated carbocycles. The molecule has 0 fully saturated rings. The second-order valence-corrected chi connectivity index (χ2v) is 8.28. The molecule has 33 heavy (non-hydrogen) atoms. The molecule has 3 aromatic rings. The molecule has 1 unspecified atom stereocenters. The SMILES string of the molecule is Cc1ccc(C)c(OCC(=O)Nc2ccc3c(c2)N(Cc2c(C)noc2C)C(=O)C(C)O3)c1. The van der Waals surface area contributed by atoms with E-state index in [1.165, 1.54) is 0 Å². The summed E-state index contributed by atoms with van der Waals surface area (Å²) in [6.07, 6.45) is -0.621. The number of amides is 2. The Morgan fingerprint density at radius 2 is 1.94 bits per heavy atom. The van der Waals surface area contributed by atoms with Crippen molar-refractivity contribution in [2.75, 3.05) is 16.8 Å². The molecule has 0 radical (unpaired) electrons. The number of rotatable bonds is 6. The minimum Gasteiger partial charge on any atom is -0.483 e. The number of aromatic nitrogens is 1. The van der Waals surface area contributed by atoms with E-state index in [2.05, 4.69) is 10.5 Å². The lowest BCUT2D eigenvalue weighted by atomic mass is 10.1. The Morgan fingerprint density at radius 3 is 2.67 bits per heavy atom. The minimum atomic E-state index is -0.621. The number of anilines is 2. The first-order valence-corrected chi connectivity index (χ1v) is 10.8. The zero-order chi connectivity index (χ0) is 23.7. The van der Waals surface area contributed by atoms with Crippen LogP contribution in [0.4, 0.5) is 11.4 Å². The first-order chi connectivity index (χ1) is 15.7. The number of nitrogens with one attached hydrogen (secondary N) is 1. The molecular weight excluding hydrogens is 422 g/mol. The zero-order valence-corrected chi connectivity index (χ0v) is 19.4. The highest BCUT2D eigenvalue weighted by Crippen LogP contribution is 2.37. The number of carbonyl (C=O) groups is 2. The summed E-state index contributed by atoms with van der Waals surface area (Å²) in [6, 6.07) is 11.1. The highest BCUT2D eigenvalue weighted by Gasteiger charge is 2.33. The van der Waals surface area contributed by atoms with Crippen molar-refractivity contribution in [3.63, 3.8) is 0 Å². The van der Waals surface area contributed by atoms with Gasteiger partial charge in [0.15, 0.2) is 12.7 Å². The summed E-state index contributed by atoms with van der Waals surface area (Å²) < 4.78 is 16.7. The monoisotopic (exact) mass is 449 g/mol. The smallest absolute Gasteiger partial charge is 0.268 e. The molecule has 1 aliphatic heterocycles. The highest BCUT2D eigenvalue weighted by molar-refractivity contribution is 6.01. The molecule has 1 N–H and O–H groups in total. The van der Waals surface area contributed by atoms with Gasteiger partial charge in [-0.25, -0.2) is 0 Å². The van der Waals surface area contributed by atoms with E-state index in [-0.39, 0.29) is 18.4 Å². The maximum atomic E-state index is 12.9. The van der Waals surface area contributed by atoms with Gasteiger partial charge in [-0.2, -0.15) is 0 Å². The fraction of sp³-hybridized carbons (Fsp3) is 0.320. The van der Waals surface area contributed by atoms with Crippen molar-refractivity contribution in [3.05, 3.63) is 64.5 Å². The molecule has 1 aromatic heterocycles. The third-order valence-electron chi connectivity index (χ3n) is 5.65. The van der Waals surface area contributed by atoms with E-state index in [1.807, 2.05) is 45.9 Å². The maximum Gasteiger partial charge on any atom is 0.268 e. The van der Waals surface area contributed by atoms with Crippen LogP contribution in [-0.4, -0.2) is 29.7 Å². The van der Waals surface area contributed by atoms with E-state index in [0.29, 0.717) is 35.2 Å². The van der Waals surface area contributed by atoms with Gasteiger partial charge in [0.2, 0.25) is 0 Å². The van der Waals surface area contributed by atoms with Gasteiger partial charge in [0.1, 0.15) is 17.3 Å². The topological polar surface area (TPSA) is 93.9 Å². The number of benzene rings is 2. The maximum absolute atomic E-state index is 12.9. The predicted molar refractivity (Wildman–Crippen MR) is 124 cm³/mol. The normalized spacial score (nSPS) is 15.1. The first-order valence-electron chi connectivity index (χ1n) is 10.8. The second kappa shape index (κ2) is 8.97. The van der Waals surface area contributed by atoms with Crippen molar-refractivity contribution in [1.82, 2.24) is 5.16 Å². The van der Waals surface area contributed by atoms with E-state index in [0.717, 1.165) is 22.4 Å². The molecule has 0 bridgehead atoms. The van der Waals surface area contributed by atoms with Crippen LogP contribution in [0.1, 0.15) is 35.1 Å². The third kappa shape index (κ3) is 4.69. The summed E-state index contributed by atoms with van der Waals surface area (Å²) in [5.41, 5.74) is 4.71. The fourth-order valence-corrected chi connectivity index (χ4v) is 3.74. The van der Waals surface area contributed by atoms with Gasteiger partial charge >= 0.3 is 0 Å². The highest BCUT2D eigenvalue weighted by atomic mass is 16.5. The Labute approximate surface area is 192 Å². The number of carbonyl (C=O) groups excluding carboxylic acids is 2. The molecule has 1 aliphatic rings. The van der Waals surface area contributed by atoms with Crippen LogP contribution in [0.15, 0.2) is 40.9 Å². The van der Waals surface area contributed by atoms with Crippen LogP contribution in [0.25, 0.3) is 0 Å². The van der Waals surface area contributed by atoms with Crippen molar-refractivity contribution in [2.24, 2.45) is 0 Å². The average Bonchev–Trinajstić information content (AvgIpc) is 3.09. The number of ether oxygens (including phenoxy) is 2. The molecule has 0 spiro atoms. The lowest BCUT2D eigenvalue weighted by molar-refractivity contribution is -0.125. The number of hydrogen-bond donors (Lipinski definition) is 1. The van der Waals surface area contributed by atoms with Gasteiger partial charge in [-0.15, -0.1) is 0 Å². The van der Waals surface area contributed by atoms with Crippen molar-refractivity contribution < 1.29 is 23.6 Å². The number of fused-ring (bicyclic) bond motifs is 1. The molecule has 172 valence electrons. The van der Waals surface area contributed by atoms with Gasteiger partial charge in [-0.1, -0.05) is 17.3 Å². The second-order valence-electron chi connectivity index (χ2n) is 8.28. The zero-order valence-electron chi connectivity index (χ0n) is 19.4. The van der Waals surface area contributed by atoms with Crippen molar-refractivity contribution in [2.45, 2.75) is 47.3 Å². The number of aryl methyl sites for hydroxylation is 4. The summed E-state index contributed by atoms with van der Waals surface area (Å²) in [7, 11) is 0. The largest absolute Gasteiger partial charge is 0.483 e. The van der Waals surface area contributed by atoms with Gasteiger partial charge in [0.05, 0.1) is 17.9 Å². The van der Waals surface area contributed by atoms with Crippen LogP contribution >= 0.6 is 0 Å². The summed E-state index contributed by atoms with van der Waals surface area (Å²) in [5.74, 6) is 1.43. The molecule has 0 aliphatic carbocycles. The fourth-order valence-electron chi connectivity index (χ4n) is 3.74. The van der Waals surface area contributed by atoms with E-state index >= 15 is 0 Å². The predicted octanol–water partition coefficient (Wildman–Crippen LogP) is 4.24. The molecule has 2 heterocycles. The van der Waals surface area contributed by atoms with Crippen LogP contribution in [0.3, 0.4) is 0 Å². The molecule has 8 heteroatoms. The summed E-state index contributed by atoms with van der Waals surface area (Å²) in [4.78, 5) is 27.1. The van der Waals surface area contributed by atoms with Crippen molar-refractivity contribution in [1.29, 1.82) is 0 Å². The Kier molecular flexibility index (Phi) is 6.09. The van der Waals surface area contributed by atoms with Gasteiger partial charge in [0, 0.05) is 11.3 Å². The molecular formula is C25H27N3O5. The third-order valence-corrected chi connectivity index (χ3v) is 5.65. The lowest BCUT2D eigenvalue weighted by Crippen LogP contribution is -2.44. The average molecular weight is 450 g/mol. The van der Waals surface area contributed by atoms with Gasteiger partial charge in [0.25, 0.3) is 11.8 Å². The Morgan fingerprint density at radius 1 is 1.15 bits per heavy atom. The minimum absolute atomic E-state index is 0.128. The quantitative estimate of drug-likeness (QED) is 0.605. The standard InChI is InChI=1S/C25H27N3O5/c1-14-6-7-15(2)23(10-14)31-13-24(29)26-19-8-9-22-21(11-19)28(25(30)18(5)32-22)12-20-16(3)27-33-17(20)4/h6-11,18H,12-13H2,1-5H3,(H,26,29). The van der Waals surface area contributed by atoms with Crippen LogP contribution in [0, 0.1) is 27.7 Å². The van der Waals surface area contributed by atoms with Crippen molar-refractivity contribution in [3.8, 4) is 11.5 Å². The van der Waals surface area contributed by atoms with Gasteiger partial charge < -0.3 is 24.2 Å². The van der Waals surface area contributed by atoms with Gasteiger partial charge in [-0.3, -0.25) is 9.59 Å². The number of hydrogen-bond acceptors (Lipinski definition) is 6. The molecule has 4 rings (SSSR count). The van der Waals surface area contributed by atoms with Crippen molar-refractivity contribution >= 4 is 23.2 Å². The summed E-state index contributed by atoms with van der Waals surface area (Å²) in [6.45, 7) is 9.45. The van der Waals surface area contributed by atoms with Gasteiger partial charge in [-0.05, 0) is 70.0 Å². The molecule has 0 saturated heterocycles. The van der Waals surface area contributed by atoms with Crippen LogP contribution < -0.4 is 19.7 Å². The Hall–Kier alpha value is -3.81. The van der Waals surface area contributed by atoms with E-state index in [1.54, 1.807) is 30.0 Å². The molecule has 2 amide bonds. The van der Waals surface area contributed by atoms with Crippen LogP contribution in [-0.2, 0) is 16.1 Å². The molecule has 1 atom stereocenters. The molecule has 8 nitrogen and oxygen atoms in total. The lowest BCUT2D eigenvalue weighted by Gasteiger charge is -2.33. The Bertz CT molecular complexity index is 1200. The first kappa shape index (κ1) is 22.4. The van der Waals surface area contributed by atoms with E-state index in [4.69, 9.17) is 14.0 Å². The van der Waals surface area contributed by atoms with E-state index < -0.39 is 6.10 Å². The summed E-state index contributed by atoms with van der Waals surface area (Å²) >= 11 is 0. The van der Waals surface area contributed by atoms with Crippen LogP contribution in [0.2, 0.25) is 0 Å².